The number of aromatic nitrogens is 1. The lowest BCUT2D eigenvalue weighted by molar-refractivity contribution is 0.157. The van der Waals surface area contributed by atoms with E-state index in [0.29, 0.717) is 12.1 Å². The van der Waals surface area contributed by atoms with Gasteiger partial charge in [0.1, 0.15) is 0 Å². The van der Waals surface area contributed by atoms with Crippen molar-refractivity contribution >= 4 is 0 Å². The molecule has 3 nitrogen and oxygen atoms in total. The third-order valence-electron chi connectivity index (χ3n) is 3.89. The van der Waals surface area contributed by atoms with Gasteiger partial charge in [0.2, 0.25) is 0 Å². The number of pyridine rings is 1. The molecular weight excluding hydrogens is 210 g/mol. The Kier molecular flexibility index (Phi) is 4.13. The van der Waals surface area contributed by atoms with Gasteiger partial charge < -0.3 is 5.73 Å². The summed E-state index contributed by atoms with van der Waals surface area (Å²) in [5.74, 6) is 0. The van der Waals surface area contributed by atoms with Gasteiger partial charge in [-0.3, -0.25) is 9.88 Å². The first-order chi connectivity index (χ1) is 8.20. The van der Waals surface area contributed by atoms with Gasteiger partial charge >= 0.3 is 0 Å². The minimum atomic E-state index is 0.142. The summed E-state index contributed by atoms with van der Waals surface area (Å²) in [6, 6.07) is 5.31. The molecule has 0 spiro atoms. The van der Waals surface area contributed by atoms with E-state index in [-0.39, 0.29) is 6.04 Å². The molecule has 0 bridgehead atoms. The summed E-state index contributed by atoms with van der Waals surface area (Å²) in [4.78, 5) is 6.55. The van der Waals surface area contributed by atoms with Crippen molar-refractivity contribution in [2.24, 2.45) is 5.73 Å². The number of nitrogens with zero attached hydrogens (tertiary/aromatic N) is 2. The molecule has 2 unspecified atom stereocenters. The smallest absolute Gasteiger partial charge is 0.0497 e. The molecule has 0 radical (unpaired) electrons. The second kappa shape index (κ2) is 5.61. The Hall–Kier alpha value is -0.930. The molecule has 0 saturated heterocycles. The van der Waals surface area contributed by atoms with E-state index in [1.165, 1.54) is 31.2 Å². The topological polar surface area (TPSA) is 42.1 Å². The molecule has 1 heterocycles. The van der Waals surface area contributed by atoms with Crippen LogP contribution in [0, 0.1) is 0 Å². The van der Waals surface area contributed by atoms with Crippen LogP contribution in [-0.4, -0.2) is 29.0 Å². The zero-order chi connectivity index (χ0) is 12.3. The third kappa shape index (κ3) is 2.85. The summed E-state index contributed by atoms with van der Waals surface area (Å²) in [6.07, 6.45) is 9.05. The van der Waals surface area contributed by atoms with Crippen molar-refractivity contribution in [1.82, 2.24) is 9.88 Å². The second-order valence-corrected chi connectivity index (χ2v) is 5.19. The van der Waals surface area contributed by atoms with Crippen LogP contribution in [0.3, 0.4) is 0 Å². The fourth-order valence-corrected chi connectivity index (χ4v) is 3.01. The van der Waals surface area contributed by atoms with Crippen molar-refractivity contribution in [2.45, 2.75) is 50.7 Å². The van der Waals surface area contributed by atoms with E-state index >= 15 is 0 Å². The first kappa shape index (κ1) is 12.5. The number of likely N-dealkylation sites (N-methyl/N-ethyl adjacent to an activating group) is 1. The van der Waals surface area contributed by atoms with Crippen molar-refractivity contribution in [1.29, 1.82) is 0 Å². The average Bonchev–Trinajstić information content (AvgIpc) is 2.83. The standard InChI is InChI=1S/C14H23N3/c1-11(15)14(12-7-9-16-10-8-12)17(2)13-5-3-4-6-13/h7-11,13-14H,3-6,15H2,1-2H3. The van der Waals surface area contributed by atoms with Crippen LogP contribution in [-0.2, 0) is 0 Å². The molecular formula is C14H23N3. The zero-order valence-corrected chi connectivity index (χ0v) is 10.8. The van der Waals surface area contributed by atoms with Gasteiger partial charge in [0.25, 0.3) is 0 Å². The second-order valence-electron chi connectivity index (χ2n) is 5.19. The van der Waals surface area contributed by atoms with E-state index in [1.807, 2.05) is 12.4 Å². The predicted octanol–water partition coefficient (Wildman–Crippen LogP) is 2.34. The molecule has 17 heavy (non-hydrogen) atoms. The van der Waals surface area contributed by atoms with E-state index in [9.17, 15) is 0 Å². The molecule has 1 saturated carbocycles. The Bertz CT molecular complexity index is 331. The minimum absolute atomic E-state index is 0.142. The van der Waals surface area contributed by atoms with E-state index in [4.69, 9.17) is 5.73 Å². The predicted molar refractivity (Wildman–Crippen MR) is 70.6 cm³/mol. The van der Waals surface area contributed by atoms with Crippen molar-refractivity contribution in [3.8, 4) is 0 Å². The van der Waals surface area contributed by atoms with Crippen LogP contribution in [0.15, 0.2) is 24.5 Å². The molecule has 2 N–H and O–H groups in total. The fraction of sp³-hybridized carbons (Fsp3) is 0.643. The lowest BCUT2D eigenvalue weighted by atomic mass is 9.98. The maximum absolute atomic E-state index is 6.18. The van der Waals surface area contributed by atoms with Crippen LogP contribution in [0.1, 0.15) is 44.2 Å². The van der Waals surface area contributed by atoms with Gasteiger partial charge in [-0.05, 0) is 44.5 Å². The van der Waals surface area contributed by atoms with Crippen LogP contribution in [0.2, 0.25) is 0 Å². The van der Waals surface area contributed by atoms with E-state index in [2.05, 4.69) is 36.0 Å². The van der Waals surface area contributed by atoms with Crippen molar-refractivity contribution in [3.05, 3.63) is 30.1 Å². The van der Waals surface area contributed by atoms with Gasteiger partial charge in [0.15, 0.2) is 0 Å². The summed E-state index contributed by atoms with van der Waals surface area (Å²) in [6.45, 7) is 2.09. The Morgan fingerprint density at radius 1 is 1.29 bits per heavy atom. The van der Waals surface area contributed by atoms with Gasteiger partial charge in [-0.1, -0.05) is 12.8 Å². The van der Waals surface area contributed by atoms with Crippen LogP contribution in [0.25, 0.3) is 0 Å². The monoisotopic (exact) mass is 233 g/mol. The Labute approximate surface area is 104 Å². The molecule has 1 aliphatic carbocycles. The summed E-state index contributed by atoms with van der Waals surface area (Å²) in [7, 11) is 2.21. The Balaban J connectivity index is 2.17. The van der Waals surface area contributed by atoms with Gasteiger partial charge in [-0.15, -0.1) is 0 Å². The van der Waals surface area contributed by atoms with Crippen molar-refractivity contribution in [3.63, 3.8) is 0 Å². The van der Waals surface area contributed by atoms with Gasteiger partial charge in [0, 0.05) is 30.5 Å². The lowest BCUT2D eigenvalue weighted by Gasteiger charge is -2.35. The molecule has 3 heteroatoms. The molecule has 1 aromatic rings. The van der Waals surface area contributed by atoms with E-state index in [1.54, 1.807) is 0 Å². The molecule has 1 fully saturated rings. The molecule has 0 aliphatic heterocycles. The van der Waals surface area contributed by atoms with Crippen LogP contribution >= 0.6 is 0 Å². The van der Waals surface area contributed by atoms with E-state index < -0.39 is 0 Å². The van der Waals surface area contributed by atoms with Gasteiger partial charge in [-0.2, -0.15) is 0 Å². The molecule has 1 aromatic heterocycles. The molecule has 1 aliphatic rings. The zero-order valence-electron chi connectivity index (χ0n) is 10.8. The minimum Gasteiger partial charge on any atom is -0.326 e. The highest BCUT2D eigenvalue weighted by Crippen LogP contribution is 2.30. The average molecular weight is 233 g/mol. The molecule has 0 amide bonds. The van der Waals surface area contributed by atoms with Gasteiger partial charge in [0.05, 0.1) is 0 Å². The first-order valence-corrected chi connectivity index (χ1v) is 6.57. The highest BCUT2D eigenvalue weighted by atomic mass is 15.2. The third-order valence-corrected chi connectivity index (χ3v) is 3.89. The molecule has 2 atom stereocenters. The van der Waals surface area contributed by atoms with E-state index in [0.717, 1.165) is 0 Å². The van der Waals surface area contributed by atoms with Crippen LogP contribution < -0.4 is 5.73 Å². The highest BCUT2D eigenvalue weighted by molar-refractivity contribution is 5.17. The fourth-order valence-electron chi connectivity index (χ4n) is 3.01. The maximum Gasteiger partial charge on any atom is 0.0497 e. The maximum atomic E-state index is 6.18. The summed E-state index contributed by atoms with van der Waals surface area (Å²) in [5.41, 5.74) is 7.46. The summed E-state index contributed by atoms with van der Waals surface area (Å²) < 4.78 is 0. The van der Waals surface area contributed by atoms with Gasteiger partial charge in [-0.25, -0.2) is 0 Å². The summed E-state index contributed by atoms with van der Waals surface area (Å²) in [5, 5.41) is 0. The Morgan fingerprint density at radius 2 is 1.88 bits per heavy atom. The quantitative estimate of drug-likeness (QED) is 0.868. The number of hydrogen-bond donors (Lipinski definition) is 1. The normalized spacial score (nSPS) is 20.7. The SMILES string of the molecule is CC(N)C(c1ccncc1)N(C)C1CCCC1. The van der Waals surface area contributed by atoms with Crippen molar-refractivity contribution in [2.75, 3.05) is 7.05 Å². The largest absolute Gasteiger partial charge is 0.326 e. The number of nitrogens with two attached hydrogens (primary N) is 1. The first-order valence-electron chi connectivity index (χ1n) is 6.57. The van der Waals surface area contributed by atoms with Crippen molar-refractivity contribution < 1.29 is 0 Å². The summed E-state index contributed by atoms with van der Waals surface area (Å²) >= 11 is 0. The molecule has 2 rings (SSSR count). The number of rotatable bonds is 4. The molecule has 94 valence electrons. The highest BCUT2D eigenvalue weighted by Gasteiger charge is 2.28. The lowest BCUT2D eigenvalue weighted by Crippen LogP contribution is -2.41. The number of hydrogen-bond acceptors (Lipinski definition) is 3. The van der Waals surface area contributed by atoms with Crippen LogP contribution in [0.4, 0.5) is 0 Å². The molecule has 0 aromatic carbocycles. The van der Waals surface area contributed by atoms with Crippen LogP contribution in [0.5, 0.6) is 0 Å². The Morgan fingerprint density at radius 3 is 2.41 bits per heavy atom.